The summed E-state index contributed by atoms with van der Waals surface area (Å²) in [6.07, 6.45) is 0.311. The van der Waals surface area contributed by atoms with E-state index in [2.05, 4.69) is 4.90 Å². The van der Waals surface area contributed by atoms with Crippen LogP contribution in [0.25, 0.3) is 0 Å². The molecule has 0 bridgehead atoms. The topological polar surface area (TPSA) is 29.5 Å². The Morgan fingerprint density at radius 1 is 1.44 bits per heavy atom. The molecule has 2 unspecified atom stereocenters. The molecule has 2 atom stereocenters. The molecule has 6 heteroatoms. The molecule has 1 aromatic rings. The lowest BCUT2D eigenvalue weighted by Crippen LogP contribution is -2.47. The molecule has 100 valence electrons. The highest BCUT2D eigenvalue weighted by atomic mass is 35.5. The monoisotopic (exact) mass is 307 g/mol. The lowest BCUT2D eigenvalue weighted by Gasteiger charge is -2.34. The number of morpholine rings is 1. The Labute approximate surface area is 121 Å². The number of hydrogen-bond donors (Lipinski definition) is 0. The summed E-state index contributed by atoms with van der Waals surface area (Å²) in [6.45, 7) is 5.94. The molecule has 1 saturated heterocycles. The molecule has 0 aliphatic carbocycles. The minimum Gasteiger partial charge on any atom is -0.373 e. The van der Waals surface area contributed by atoms with E-state index in [9.17, 15) is 4.79 Å². The first-order valence-electron chi connectivity index (χ1n) is 5.81. The molecule has 0 spiro atoms. The fourth-order valence-electron chi connectivity index (χ4n) is 2.23. The van der Waals surface area contributed by atoms with Gasteiger partial charge in [0.2, 0.25) is 0 Å². The first-order valence-corrected chi connectivity index (χ1v) is 7.38. The molecule has 0 amide bonds. The summed E-state index contributed by atoms with van der Waals surface area (Å²) in [4.78, 5) is 14.2. The van der Waals surface area contributed by atoms with Crippen LogP contribution < -0.4 is 0 Å². The molecule has 2 rings (SSSR count). The van der Waals surface area contributed by atoms with Gasteiger partial charge in [-0.1, -0.05) is 23.2 Å². The second kappa shape index (κ2) is 5.88. The third-order valence-electron chi connectivity index (χ3n) is 2.82. The van der Waals surface area contributed by atoms with Crippen LogP contribution in [0.4, 0.5) is 0 Å². The smallest absolute Gasteiger partial charge is 0.179 e. The number of ketones is 1. The Morgan fingerprint density at radius 2 is 2.06 bits per heavy atom. The largest absolute Gasteiger partial charge is 0.373 e. The van der Waals surface area contributed by atoms with E-state index >= 15 is 0 Å². The van der Waals surface area contributed by atoms with Crippen molar-refractivity contribution in [2.45, 2.75) is 26.1 Å². The normalized spacial score (nSPS) is 25.3. The Balaban J connectivity index is 2.01. The molecule has 0 N–H and O–H groups in total. The summed E-state index contributed by atoms with van der Waals surface area (Å²) in [5.74, 6) is 0.0180. The molecule has 1 aliphatic rings. The van der Waals surface area contributed by atoms with Crippen LogP contribution in [0, 0.1) is 0 Å². The second-order valence-corrected chi connectivity index (χ2v) is 6.90. The van der Waals surface area contributed by atoms with Crippen LogP contribution in [0.1, 0.15) is 24.2 Å². The van der Waals surface area contributed by atoms with Crippen molar-refractivity contribution in [2.75, 3.05) is 19.6 Å². The fourth-order valence-corrected chi connectivity index (χ4v) is 3.73. The van der Waals surface area contributed by atoms with Crippen molar-refractivity contribution in [3.8, 4) is 0 Å². The molecule has 18 heavy (non-hydrogen) atoms. The summed E-state index contributed by atoms with van der Waals surface area (Å²) >= 11 is 13.1. The molecule has 1 aliphatic heterocycles. The molecular formula is C12H15Cl2NO2S. The first-order chi connectivity index (χ1) is 8.45. The van der Waals surface area contributed by atoms with Crippen LogP contribution in [-0.2, 0) is 4.74 Å². The fraction of sp³-hybridized carbons (Fsp3) is 0.583. The lowest BCUT2D eigenvalue weighted by molar-refractivity contribution is -0.0652. The average molecular weight is 308 g/mol. The van der Waals surface area contributed by atoms with Crippen LogP contribution in [0.15, 0.2) is 6.07 Å². The van der Waals surface area contributed by atoms with Crippen LogP contribution >= 0.6 is 34.5 Å². The number of ether oxygens (including phenoxy) is 1. The van der Waals surface area contributed by atoms with Crippen molar-refractivity contribution in [2.24, 2.45) is 0 Å². The Kier molecular flexibility index (Phi) is 4.67. The maximum absolute atomic E-state index is 12.1. The zero-order chi connectivity index (χ0) is 13.3. The van der Waals surface area contributed by atoms with Gasteiger partial charge in [0.1, 0.15) is 4.34 Å². The molecule has 1 fully saturated rings. The predicted octanol–water partition coefficient (Wildman–Crippen LogP) is 3.35. The van der Waals surface area contributed by atoms with E-state index in [0.717, 1.165) is 13.1 Å². The van der Waals surface area contributed by atoms with Gasteiger partial charge in [0.25, 0.3) is 0 Å². The third-order valence-corrected chi connectivity index (χ3v) is 4.31. The van der Waals surface area contributed by atoms with Gasteiger partial charge in [-0.15, -0.1) is 11.3 Å². The van der Waals surface area contributed by atoms with Crippen molar-refractivity contribution in [3.05, 3.63) is 20.3 Å². The summed E-state index contributed by atoms with van der Waals surface area (Å²) in [5.41, 5.74) is 0.526. The Hall–Kier alpha value is -0.130. The number of thiophene rings is 1. The molecule has 0 radical (unpaired) electrons. The summed E-state index contributed by atoms with van der Waals surface area (Å²) in [7, 11) is 0. The minimum absolute atomic E-state index is 0.0180. The quantitative estimate of drug-likeness (QED) is 0.802. The number of nitrogens with zero attached hydrogens (tertiary/aromatic N) is 1. The molecule has 3 nitrogen and oxygen atoms in total. The second-order valence-electron chi connectivity index (χ2n) is 4.61. The van der Waals surface area contributed by atoms with E-state index in [4.69, 9.17) is 27.9 Å². The van der Waals surface area contributed by atoms with Crippen LogP contribution in [0.2, 0.25) is 8.67 Å². The predicted molar refractivity (Wildman–Crippen MR) is 75.1 cm³/mol. The van der Waals surface area contributed by atoms with E-state index in [-0.39, 0.29) is 18.0 Å². The number of halogens is 2. The highest BCUT2D eigenvalue weighted by Crippen LogP contribution is 2.31. The van der Waals surface area contributed by atoms with Crippen LogP contribution in [-0.4, -0.2) is 42.5 Å². The standard InChI is InChI=1S/C12H15Cl2NO2S/c1-7-4-15(5-8(2)17-7)6-10(16)9-3-11(13)18-12(9)14/h3,7-8H,4-6H2,1-2H3. The summed E-state index contributed by atoms with van der Waals surface area (Å²) in [5, 5.41) is 0. The van der Waals surface area contributed by atoms with Crippen molar-refractivity contribution in [3.63, 3.8) is 0 Å². The van der Waals surface area contributed by atoms with Gasteiger partial charge in [0.05, 0.1) is 28.7 Å². The van der Waals surface area contributed by atoms with Gasteiger partial charge in [-0.05, 0) is 19.9 Å². The van der Waals surface area contributed by atoms with E-state index in [1.165, 1.54) is 11.3 Å². The average Bonchev–Trinajstić information content (AvgIpc) is 2.56. The van der Waals surface area contributed by atoms with Crippen molar-refractivity contribution >= 4 is 40.3 Å². The molecule has 2 heterocycles. The van der Waals surface area contributed by atoms with E-state index in [0.29, 0.717) is 20.8 Å². The SMILES string of the molecule is CC1CN(CC(=O)c2cc(Cl)sc2Cl)CC(C)O1. The van der Waals surface area contributed by atoms with Gasteiger partial charge >= 0.3 is 0 Å². The van der Waals surface area contributed by atoms with Gasteiger partial charge < -0.3 is 4.74 Å². The Morgan fingerprint density at radius 3 is 2.56 bits per heavy atom. The van der Waals surface area contributed by atoms with Gasteiger partial charge in [-0.25, -0.2) is 0 Å². The molecule has 1 aromatic heterocycles. The van der Waals surface area contributed by atoms with Crippen molar-refractivity contribution < 1.29 is 9.53 Å². The molecule has 0 saturated carbocycles. The number of carbonyl (C=O) groups excluding carboxylic acids is 1. The zero-order valence-corrected chi connectivity index (χ0v) is 12.6. The van der Waals surface area contributed by atoms with E-state index < -0.39 is 0 Å². The van der Waals surface area contributed by atoms with Crippen LogP contribution in [0.3, 0.4) is 0 Å². The van der Waals surface area contributed by atoms with E-state index in [1.807, 2.05) is 13.8 Å². The zero-order valence-electron chi connectivity index (χ0n) is 10.3. The minimum atomic E-state index is 0.0180. The maximum Gasteiger partial charge on any atom is 0.179 e. The van der Waals surface area contributed by atoms with E-state index in [1.54, 1.807) is 6.07 Å². The van der Waals surface area contributed by atoms with Crippen molar-refractivity contribution in [1.82, 2.24) is 4.90 Å². The number of hydrogen-bond acceptors (Lipinski definition) is 4. The highest BCUT2D eigenvalue weighted by molar-refractivity contribution is 7.20. The van der Waals surface area contributed by atoms with Crippen molar-refractivity contribution in [1.29, 1.82) is 0 Å². The van der Waals surface area contributed by atoms with Gasteiger partial charge in [-0.2, -0.15) is 0 Å². The third kappa shape index (κ3) is 3.45. The van der Waals surface area contributed by atoms with Gasteiger partial charge in [-0.3, -0.25) is 9.69 Å². The van der Waals surface area contributed by atoms with Crippen LogP contribution in [0.5, 0.6) is 0 Å². The Bertz CT molecular complexity index is 439. The van der Waals surface area contributed by atoms with Gasteiger partial charge in [0.15, 0.2) is 5.78 Å². The number of Topliss-reactive ketones (excluding diaryl/α,β-unsaturated/α-hetero) is 1. The summed E-state index contributed by atoms with van der Waals surface area (Å²) in [6, 6.07) is 1.64. The number of carbonyl (C=O) groups is 1. The summed E-state index contributed by atoms with van der Waals surface area (Å²) < 4.78 is 6.65. The first kappa shape index (κ1) is 14.3. The lowest BCUT2D eigenvalue weighted by atomic mass is 10.1. The number of rotatable bonds is 3. The highest BCUT2D eigenvalue weighted by Gasteiger charge is 2.25. The van der Waals surface area contributed by atoms with Gasteiger partial charge in [0, 0.05) is 13.1 Å². The molecular weight excluding hydrogens is 293 g/mol. The molecule has 0 aromatic carbocycles. The maximum atomic E-state index is 12.1.